The second kappa shape index (κ2) is 4.61. The van der Waals surface area contributed by atoms with E-state index in [1.165, 1.54) is 6.33 Å². The second-order valence-electron chi connectivity index (χ2n) is 3.61. The molecule has 5 heteroatoms. The van der Waals surface area contributed by atoms with E-state index in [9.17, 15) is 4.79 Å². The van der Waals surface area contributed by atoms with Crippen LogP contribution in [-0.4, -0.2) is 21.0 Å². The van der Waals surface area contributed by atoms with Crippen molar-refractivity contribution in [3.05, 3.63) is 48.0 Å². The summed E-state index contributed by atoms with van der Waals surface area (Å²) in [6, 6.07) is 5.19. The maximum absolute atomic E-state index is 11.1. The average Bonchev–Trinajstić information content (AvgIpc) is 2.32. The molecule has 2 N–H and O–H groups in total. The Kier molecular flexibility index (Phi) is 3.00. The van der Waals surface area contributed by atoms with E-state index in [2.05, 4.69) is 15.3 Å². The first-order valence-electron chi connectivity index (χ1n) is 5.03. The normalized spacial score (nSPS) is 9.94. The predicted octanol–water partition coefficient (Wildman–Crippen LogP) is 2.23. The summed E-state index contributed by atoms with van der Waals surface area (Å²) in [7, 11) is 0. The quantitative estimate of drug-likeness (QED) is 0.844. The summed E-state index contributed by atoms with van der Waals surface area (Å²) in [5.41, 5.74) is 2.31. The molecule has 1 heterocycles. The van der Waals surface area contributed by atoms with Gasteiger partial charge in [0, 0.05) is 0 Å². The number of nitrogens with one attached hydrogen (secondary N) is 1. The van der Waals surface area contributed by atoms with Crippen molar-refractivity contribution >= 4 is 17.3 Å². The highest BCUT2D eigenvalue weighted by molar-refractivity contribution is 5.95. The van der Waals surface area contributed by atoms with Crippen molar-refractivity contribution in [2.24, 2.45) is 0 Å². The minimum Gasteiger partial charge on any atom is -0.478 e. The third-order valence-corrected chi connectivity index (χ3v) is 2.25. The fourth-order valence-corrected chi connectivity index (χ4v) is 1.46. The van der Waals surface area contributed by atoms with Gasteiger partial charge in [0.05, 0.1) is 29.3 Å². The van der Waals surface area contributed by atoms with Crippen molar-refractivity contribution in [3.63, 3.8) is 0 Å². The van der Waals surface area contributed by atoms with Crippen LogP contribution in [0.3, 0.4) is 0 Å². The molecule has 0 atom stereocenters. The van der Waals surface area contributed by atoms with Crippen LogP contribution in [-0.2, 0) is 0 Å². The molecule has 2 aromatic rings. The van der Waals surface area contributed by atoms with Crippen molar-refractivity contribution in [2.75, 3.05) is 5.32 Å². The molecule has 0 aliphatic carbocycles. The summed E-state index contributed by atoms with van der Waals surface area (Å²) in [5.74, 6) is -0.965. The van der Waals surface area contributed by atoms with Gasteiger partial charge in [0.1, 0.15) is 6.33 Å². The lowest BCUT2D eigenvalue weighted by molar-refractivity contribution is 0.0698. The fraction of sp³-hybridized carbons (Fsp3) is 0.0833. The molecule has 17 heavy (non-hydrogen) atoms. The van der Waals surface area contributed by atoms with Gasteiger partial charge in [-0.1, -0.05) is 11.6 Å². The first-order chi connectivity index (χ1) is 8.16. The van der Waals surface area contributed by atoms with Crippen LogP contribution in [0.4, 0.5) is 11.4 Å². The summed E-state index contributed by atoms with van der Waals surface area (Å²) in [5, 5.41) is 12.1. The fourth-order valence-electron chi connectivity index (χ4n) is 1.46. The van der Waals surface area contributed by atoms with E-state index in [0.717, 1.165) is 5.56 Å². The Labute approximate surface area is 98.2 Å². The van der Waals surface area contributed by atoms with Crippen molar-refractivity contribution in [1.82, 2.24) is 9.97 Å². The highest BCUT2D eigenvalue weighted by Crippen LogP contribution is 2.21. The zero-order valence-electron chi connectivity index (χ0n) is 9.21. The Morgan fingerprint density at radius 2 is 2.00 bits per heavy atom. The number of aromatic nitrogens is 2. The summed E-state index contributed by atoms with van der Waals surface area (Å²) in [6.07, 6.45) is 4.58. The number of rotatable bonds is 3. The van der Waals surface area contributed by atoms with Gasteiger partial charge in [0.2, 0.25) is 0 Å². The van der Waals surface area contributed by atoms with Crippen LogP contribution >= 0.6 is 0 Å². The number of nitrogens with zero attached hydrogens (tertiary/aromatic N) is 2. The van der Waals surface area contributed by atoms with Crippen LogP contribution in [0.1, 0.15) is 15.9 Å². The van der Waals surface area contributed by atoms with Crippen molar-refractivity contribution in [1.29, 1.82) is 0 Å². The first kappa shape index (κ1) is 11.1. The lowest BCUT2D eigenvalue weighted by atomic mass is 10.1. The second-order valence-corrected chi connectivity index (χ2v) is 3.61. The first-order valence-corrected chi connectivity index (χ1v) is 5.03. The van der Waals surface area contributed by atoms with Crippen molar-refractivity contribution < 1.29 is 9.90 Å². The lowest BCUT2D eigenvalue weighted by Gasteiger charge is -2.09. The molecule has 1 aromatic heterocycles. The molecule has 0 spiro atoms. The van der Waals surface area contributed by atoms with Crippen LogP contribution in [0.5, 0.6) is 0 Å². The standard InChI is InChI=1S/C12H11N3O2/c1-8-2-3-11(10(4-8)12(16)17)15-9-5-13-7-14-6-9/h2-7,15H,1H3,(H,16,17). The number of hydrogen-bond donors (Lipinski definition) is 2. The predicted molar refractivity (Wildman–Crippen MR) is 63.5 cm³/mol. The molecule has 1 aromatic carbocycles. The van der Waals surface area contributed by atoms with Gasteiger partial charge < -0.3 is 10.4 Å². The molecule has 0 unspecified atom stereocenters. The SMILES string of the molecule is Cc1ccc(Nc2cncnc2)c(C(=O)O)c1. The number of aromatic carboxylic acids is 1. The van der Waals surface area contributed by atoms with Crippen LogP contribution in [0.15, 0.2) is 36.9 Å². The number of aryl methyl sites for hydroxylation is 1. The molecule has 0 aliphatic heterocycles. The Morgan fingerprint density at radius 1 is 1.29 bits per heavy atom. The maximum Gasteiger partial charge on any atom is 0.337 e. The smallest absolute Gasteiger partial charge is 0.337 e. The lowest BCUT2D eigenvalue weighted by Crippen LogP contribution is -2.03. The number of anilines is 2. The molecule has 0 saturated heterocycles. The van der Waals surface area contributed by atoms with Gasteiger partial charge in [-0.2, -0.15) is 0 Å². The molecular weight excluding hydrogens is 218 g/mol. The molecule has 0 aliphatic rings. The summed E-state index contributed by atoms with van der Waals surface area (Å²) in [6.45, 7) is 1.85. The van der Waals surface area contributed by atoms with Gasteiger partial charge in [-0.15, -0.1) is 0 Å². The monoisotopic (exact) mass is 229 g/mol. The van der Waals surface area contributed by atoms with Gasteiger partial charge in [0.25, 0.3) is 0 Å². The van der Waals surface area contributed by atoms with E-state index in [1.54, 1.807) is 24.5 Å². The van der Waals surface area contributed by atoms with Gasteiger partial charge in [-0.25, -0.2) is 14.8 Å². The van der Waals surface area contributed by atoms with Crippen LogP contribution < -0.4 is 5.32 Å². The third-order valence-electron chi connectivity index (χ3n) is 2.25. The van der Waals surface area contributed by atoms with E-state index in [-0.39, 0.29) is 5.56 Å². The number of carboxylic acid groups (broad SMARTS) is 1. The molecule has 0 fully saturated rings. The number of hydrogen-bond acceptors (Lipinski definition) is 4. The molecule has 0 saturated carbocycles. The summed E-state index contributed by atoms with van der Waals surface area (Å²) in [4.78, 5) is 18.8. The topological polar surface area (TPSA) is 75.1 Å². The Bertz CT molecular complexity index is 541. The summed E-state index contributed by atoms with van der Waals surface area (Å²) < 4.78 is 0. The average molecular weight is 229 g/mol. The Morgan fingerprint density at radius 3 is 2.65 bits per heavy atom. The van der Waals surface area contributed by atoms with E-state index in [0.29, 0.717) is 11.4 Å². The highest BCUT2D eigenvalue weighted by atomic mass is 16.4. The van der Waals surface area contributed by atoms with E-state index < -0.39 is 5.97 Å². The van der Waals surface area contributed by atoms with Gasteiger partial charge in [-0.3, -0.25) is 0 Å². The third kappa shape index (κ3) is 2.57. The van der Waals surface area contributed by atoms with Gasteiger partial charge in [-0.05, 0) is 19.1 Å². The van der Waals surface area contributed by atoms with E-state index >= 15 is 0 Å². The van der Waals surface area contributed by atoms with Crippen molar-refractivity contribution in [2.45, 2.75) is 6.92 Å². The molecule has 2 rings (SSSR count). The van der Waals surface area contributed by atoms with Gasteiger partial charge in [0.15, 0.2) is 0 Å². The molecule has 86 valence electrons. The van der Waals surface area contributed by atoms with Crippen molar-refractivity contribution in [3.8, 4) is 0 Å². The number of benzene rings is 1. The Balaban J connectivity index is 2.36. The minimum absolute atomic E-state index is 0.230. The molecular formula is C12H11N3O2. The largest absolute Gasteiger partial charge is 0.478 e. The van der Waals surface area contributed by atoms with Crippen LogP contribution in [0.25, 0.3) is 0 Å². The molecule has 0 amide bonds. The maximum atomic E-state index is 11.1. The van der Waals surface area contributed by atoms with Crippen LogP contribution in [0.2, 0.25) is 0 Å². The summed E-state index contributed by atoms with van der Waals surface area (Å²) >= 11 is 0. The minimum atomic E-state index is -0.965. The highest BCUT2D eigenvalue weighted by Gasteiger charge is 2.10. The number of carboxylic acids is 1. The van der Waals surface area contributed by atoms with Gasteiger partial charge >= 0.3 is 5.97 Å². The van der Waals surface area contributed by atoms with E-state index in [4.69, 9.17) is 5.11 Å². The molecule has 0 bridgehead atoms. The van der Waals surface area contributed by atoms with E-state index in [1.807, 2.05) is 13.0 Å². The molecule has 0 radical (unpaired) electrons. The zero-order valence-corrected chi connectivity index (χ0v) is 9.21. The zero-order chi connectivity index (χ0) is 12.3. The Hall–Kier alpha value is -2.43. The number of carbonyl (C=O) groups is 1. The molecule has 5 nitrogen and oxygen atoms in total. The van der Waals surface area contributed by atoms with Crippen LogP contribution in [0, 0.1) is 6.92 Å².